The van der Waals surface area contributed by atoms with Crippen molar-refractivity contribution in [3.8, 4) is 5.75 Å². The lowest BCUT2D eigenvalue weighted by molar-refractivity contribution is -0.119. The van der Waals surface area contributed by atoms with E-state index in [1.807, 2.05) is 0 Å². The minimum absolute atomic E-state index is 0.0170. The van der Waals surface area contributed by atoms with Crippen LogP contribution in [0.3, 0.4) is 0 Å². The summed E-state index contributed by atoms with van der Waals surface area (Å²) in [5, 5.41) is 0.580. The van der Waals surface area contributed by atoms with Crippen LogP contribution in [0, 0.1) is 0 Å². The first-order valence-electron chi connectivity index (χ1n) is 6.18. The largest absolute Gasteiger partial charge is 0.496 e. The number of rotatable bonds is 8. The molecular weight excluding hydrogens is 266 g/mol. The highest BCUT2D eigenvalue weighted by atomic mass is 35.5. The maximum Gasteiger partial charge on any atom is 0.154 e. The monoisotopic (exact) mass is 285 g/mol. The fourth-order valence-electron chi connectivity index (χ4n) is 1.81. The van der Waals surface area contributed by atoms with Crippen molar-refractivity contribution in [2.45, 2.75) is 25.3 Å². The summed E-state index contributed by atoms with van der Waals surface area (Å²) in [6.45, 7) is 0.613. The van der Waals surface area contributed by atoms with Gasteiger partial charge in [0.05, 0.1) is 13.2 Å². The number of benzene rings is 1. The van der Waals surface area contributed by atoms with Crippen molar-refractivity contribution in [2.75, 3.05) is 20.8 Å². The summed E-state index contributed by atoms with van der Waals surface area (Å²) in [6, 6.07) is 4.74. The molecule has 5 heteroatoms. The van der Waals surface area contributed by atoms with Gasteiger partial charge < -0.3 is 15.2 Å². The average Bonchev–Trinajstić information content (AvgIpc) is 2.39. The quantitative estimate of drug-likeness (QED) is 0.744. The lowest BCUT2D eigenvalue weighted by atomic mass is 10.0. The zero-order valence-electron chi connectivity index (χ0n) is 11.3. The molecule has 0 amide bonds. The van der Waals surface area contributed by atoms with E-state index in [9.17, 15) is 4.79 Å². The Bertz CT molecular complexity index is 423. The molecule has 0 saturated heterocycles. The number of ether oxygens (including phenoxy) is 2. The second-order valence-corrected chi connectivity index (χ2v) is 4.78. The van der Waals surface area contributed by atoms with Gasteiger partial charge in [-0.15, -0.1) is 0 Å². The van der Waals surface area contributed by atoms with Crippen molar-refractivity contribution in [1.82, 2.24) is 0 Å². The van der Waals surface area contributed by atoms with Gasteiger partial charge in [0, 0.05) is 30.7 Å². The molecule has 0 aromatic heterocycles. The predicted octanol–water partition coefficient (Wildman–Crippen LogP) is 2.21. The molecule has 0 spiro atoms. The summed E-state index contributed by atoms with van der Waals surface area (Å²) in [5.41, 5.74) is 6.62. The molecule has 1 atom stereocenters. The van der Waals surface area contributed by atoms with Crippen LogP contribution >= 0.6 is 11.6 Å². The Morgan fingerprint density at radius 1 is 1.42 bits per heavy atom. The molecule has 1 aromatic rings. The van der Waals surface area contributed by atoms with Gasteiger partial charge in [-0.2, -0.15) is 0 Å². The molecule has 4 nitrogen and oxygen atoms in total. The molecule has 106 valence electrons. The molecule has 1 unspecified atom stereocenters. The fraction of sp³-hybridized carbons (Fsp3) is 0.500. The van der Waals surface area contributed by atoms with Gasteiger partial charge in [0.15, 0.2) is 5.78 Å². The first-order chi connectivity index (χ1) is 9.08. The number of carbonyl (C=O) groups excluding carboxylic acids is 1. The number of Topliss-reactive ketones (excluding diaryl/α,β-unsaturated/α-hetero) is 1. The number of ketones is 1. The maximum atomic E-state index is 12.0. The van der Waals surface area contributed by atoms with Crippen molar-refractivity contribution in [3.63, 3.8) is 0 Å². The van der Waals surface area contributed by atoms with Gasteiger partial charge in [0.25, 0.3) is 0 Å². The lowest BCUT2D eigenvalue weighted by Crippen LogP contribution is -2.32. The number of methoxy groups -OCH3 is 2. The van der Waals surface area contributed by atoms with Crippen molar-refractivity contribution in [2.24, 2.45) is 5.73 Å². The molecule has 0 heterocycles. The first-order valence-corrected chi connectivity index (χ1v) is 6.56. The van der Waals surface area contributed by atoms with E-state index in [0.717, 1.165) is 12.0 Å². The molecule has 1 aromatic carbocycles. The van der Waals surface area contributed by atoms with Gasteiger partial charge in [-0.1, -0.05) is 11.6 Å². The van der Waals surface area contributed by atoms with Crippen molar-refractivity contribution < 1.29 is 14.3 Å². The zero-order valence-corrected chi connectivity index (χ0v) is 12.1. The van der Waals surface area contributed by atoms with Crippen LogP contribution in [0.15, 0.2) is 18.2 Å². The maximum absolute atomic E-state index is 12.0. The van der Waals surface area contributed by atoms with E-state index in [4.69, 9.17) is 26.8 Å². The minimum Gasteiger partial charge on any atom is -0.496 e. The molecule has 0 aliphatic rings. The molecule has 19 heavy (non-hydrogen) atoms. The molecule has 0 bridgehead atoms. The number of hydrogen-bond donors (Lipinski definition) is 1. The minimum atomic E-state index is -0.473. The summed E-state index contributed by atoms with van der Waals surface area (Å²) in [6.07, 6.45) is 1.63. The van der Waals surface area contributed by atoms with Gasteiger partial charge in [0.1, 0.15) is 5.75 Å². The highest BCUT2D eigenvalue weighted by Gasteiger charge is 2.16. The van der Waals surface area contributed by atoms with Crippen molar-refractivity contribution in [1.29, 1.82) is 0 Å². The molecule has 0 radical (unpaired) electrons. The summed E-state index contributed by atoms with van der Waals surface area (Å²) < 4.78 is 10.1. The number of hydrogen-bond acceptors (Lipinski definition) is 4. The molecular formula is C14H20ClNO3. The summed E-state index contributed by atoms with van der Waals surface area (Å²) >= 11 is 5.92. The van der Waals surface area contributed by atoms with Crippen LogP contribution in [0.2, 0.25) is 5.02 Å². The molecule has 0 aliphatic heterocycles. The number of nitrogens with two attached hydrogens (primary N) is 1. The van der Waals surface area contributed by atoms with Crippen molar-refractivity contribution >= 4 is 17.4 Å². The van der Waals surface area contributed by atoms with Gasteiger partial charge in [0.2, 0.25) is 0 Å². The molecule has 1 rings (SSSR count). The Morgan fingerprint density at radius 2 is 2.16 bits per heavy atom. The van der Waals surface area contributed by atoms with Gasteiger partial charge in [-0.25, -0.2) is 0 Å². The third kappa shape index (κ3) is 5.19. The Morgan fingerprint density at radius 3 is 2.79 bits per heavy atom. The van der Waals surface area contributed by atoms with E-state index >= 15 is 0 Å². The van der Waals surface area contributed by atoms with Crippen LogP contribution in [-0.4, -0.2) is 32.7 Å². The second kappa shape index (κ2) is 8.15. The van der Waals surface area contributed by atoms with E-state index in [2.05, 4.69) is 0 Å². The van der Waals surface area contributed by atoms with Crippen LogP contribution in [0.4, 0.5) is 0 Å². The highest BCUT2D eigenvalue weighted by molar-refractivity contribution is 6.30. The van der Waals surface area contributed by atoms with E-state index in [1.165, 1.54) is 0 Å². The summed E-state index contributed by atoms with van der Waals surface area (Å²) in [7, 11) is 3.19. The van der Waals surface area contributed by atoms with E-state index in [1.54, 1.807) is 32.4 Å². The summed E-state index contributed by atoms with van der Waals surface area (Å²) in [4.78, 5) is 12.0. The third-order valence-corrected chi connectivity index (χ3v) is 3.12. The van der Waals surface area contributed by atoms with Crippen molar-refractivity contribution in [3.05, 3.63) is 28.8 Å². The van der Waals surface area contributed by atoms with Gasteiger partial charge in [-0.05, 0) is 31.0 Å². The second-order valence-electron chi connectivity index (χ2n) is 4.34. The normalized spacial score (nSPS) is 12.2. The van der Waals surface area contributed by atoms with Crippen LogP contribution in [0.25, 0.3) is 0 Å². The SMILES string of the molecule is COCCCC(N)C(=O)Cc1cc(Cl)ccc1OC. The smallest absolute Gasteiger partial charge is 0.154 e. The standard InChI is InChI=1S/C14H20ClNO3/c1-18-7-3-4-12(16)13(17)9-10-8-11(15)5-6-14(10)19-2/h5-6,8,12H,3-4,7,9,16H2,1-2H3. The van der Waals surface area contributed by atoms with Crippen LogP contribution < -0.4 is 10.5 Å². The summed E-state index contributed by atoms with van der Waals surface area (Å²) in [5.74, 6) is 0.638. The first kappa shape index (κ1) is 16.0. The van der Waals surface area contributed by atoms with Crippen LogP contribution in [-0.2, 0) is 16.0 Å². The van der Waals surface area contributed by atoms with E-state index < -0.39 is 6.04 Å². The number of carbonyl (C=O) groups is 1. The molecule has 0 saturated carbocycles. The van der Waals surface area contributed by atoms with Gasteiger partial charge >= 0.3 is 0 Å². The fourth-order valence-corrected chi connectivity index (χ4v) is 2.01. The average molecular weight is 286 g/mol. The lowest BCUT2D eigenvalue weighted by Gasteiger charge is -2.12. The van der Waals surface area contributed by atoms with E-state index in [0.29, 0.717) is 23.8 Å². The van der Waals surface area contributed by atoms with E-state index in [-0.39, 0.29) is 12.2 Å². The molecule has 0 fully saturated rings. The Hall–Kier alpha value is -1.10. The Balaban J connectivity index is 2.63. The van der Waals surface area contributed by atoms with Crippen LogP contribution in [0.1, 0.15) is 18.4 Å². The van der Waals surface area contributed by atoms with Crippen LogP contribution in [0.5, 0.6) is 5.75 Å². The number of halogens is 1. The van der Waals surface area contributed by atoms with Gasteiger partial charge in [-0.3, -0.25) is 4.79 Å². The topological polar surface area (TPSA) is 61.5 Å². The Kier molecular flexibility index (Phi) is 6.84. The molecule has 0 aliphatic carbocycles. The third-order valence-electron chi connectivity index (χ3n) is 2.88. The molecule has 2 N–H and O–H groups in total. The predicted molar refractivity (Wildman–Crippen MR) is 75.8 cm³/mol. The highest BCUT2D eigenvalue weighted by Crippen LogP contribution is 2.23. The Labute approximate surface area is 118 Å². The zero-order chi connectivity index (χ0) is 14.3.